The van der Waals surface area contributed by atoms with Gasteiger partial charge in [0.25, 0.3) is 0 Å². The van der Waals surface area contributed by atoms with Gasteiger partial charge in [-0.2, -0.15) is 0 Å². The van der Waals surface area contributed by atoms with Crippen LogP contribution in [0.2, 0.25) is 5.02 Å². The summed E-state index contributed by atoms with van der Waals surface area (Å²) < 4.78 is 13.5. The zero-order chi connectivity index (χ0) is 15.6. The maximum atomic E-state index is 13.2. The van der Waals surface area contributed by atoms with Crippen LogP contribution in [0.25, 0.3) is 0 Å². The van der Waals surface area contributed by atoms with Gasteiger partial charge in [0.05, 0.1) is 15.6 Å². The summed E-state index contributed by atoms with van der Waals surface area (Å²) in [6.45, 7) is 0. The second-order valence-corrected chi connectivity index (χ2v) is 5.10. The number of hydrazine groups is 1. The number of hydrogen-bond acceptors (Lipinski definition) is 6. The molecule has 0 aliphatic rings. The molecule has 2 aromatic rings. The molecule has 0 radical (unpaired) electrons. The lowest BCUT2D eigenvalue weighted by molar-refractivity contribution is -0.384. The van der Waals surface area contributed by atoms with Crippen molar-refractivity contribution < 1.29 is 9.31 Å². The highest BCUT2D eigenvalue weighted by molar-refractivity contribution is 9.10. The molecule has 0 saturated carbocycles. The number of nitrogens with two attached hydrogens (primary N) is 1. The fraction of sp³-hybridized carbons (Fsp3) is 0. The minimum absolute atomic E-state index is 0.0454. The number of pyridine rings is 1. The van der Waals surface area contributed by atoms with E-state index in [0.717, 1.165) is 6.07 Å². The molecule has 10 heteroatoms. The number of anilines is 3. The number of nitrogen functional groups attached to an aromatic ring is 1. The second kappa shape index (κ2) is 6.20. The normalized spacial score (nSPS) is 10.3. The lowest BCUT2D eigenvalue weighted by atomic mass is 10.3. The van der Waals surface area contributed by atoms with Gasteiger partial charge in [0.15, 0.2) is 0 Å². The minimum atomic E-state index is -0.610. The van der Waals surface area contributed by atoms with Crippen LogP contribution in [-0.4, -0.2) is 9.91 Å². The number of halogens is 3. The summed E-state index contributed by atoms with van der Waals surface area (Å²) in [7, 11) is 0. The Balaban J connectivity index is 2.50. The summed E-state index contributed by atoms with van der Waals surface area (Å²) in [5.41, 5.74) is 2.26. The van der Waals surface area contributed by atoms with Crippen LogP contribution in [0.15, 0.2) is 28.7 Å². The standard InChI is InChI=1S/C11H8BrClFN5O2/c12-6-3-5(14)4-7(13)10(6)17-11-8(19(20)21)1-2-9(16-11)18-15/h1-4H,15H2,(H2,16,17,18). The molecule has 110 valence electrons. The first-order chi connectivity index (χ1) is 9.92. The molecule has 0 saturated heterocycles. The van der Waals surface area contributed by atoms with Gasteiger partial charge in [0.1, 0.15) is 11.6 Å². The molecular formula is C11H8BrClFN5O2. The number of rotatable bonds is 4. The van der Waals surface area contributed by atoms with E-state index in [9.17, 15) is 14.5 Å². The highest BCUT2D eigenvalue weighted by atomic mass is 79.9. The van der Waals surface area contributed by atoms with Gasteiger partial charge in [-0.25, -0.2) is 15.2 Å². The topological polar surface area (TPSA) is 106 Å². The van der Waals surface area contributed by atoms with E-state index in [1.54, 1.807) is 0 Å². The summed E-state index contributed by atoms with van der Waals surface area (Å²) in [5.74, 6) is 4.82. The van der Waals surface area contributed by atoms with Crippen molar-refractivity contribution in [1.29, 1.82) is 0 Å². The van der Waals surface area contributed by atoms with E-state index in [1.165, 1.54) is 18.2 Å². The van der Waals surface area contributed by atoms with E-state index in [2.05, 4.69) is 31.7 Å². The van der Waals surface area contributed by atoms with Crippen molar-refractivity contribution in [3.8, 4) is 0 Å². The number of nitrogens with zero attached hydrogens (tertiary/aromatic N) is 2. The Morgan fingerprint density at radius 3 is 2.71 bits per heavy atom. The number of hydrogen-bond donors (Lipinski definition) is 3. The molecule has 1 heterocycles. The number of nitro groups is 1. The average molecular weight is 377 g/mol. The van der Waals surface area contributed by atoms with Crippen LogP contribution < -0.4 is 16.6 Å². The third-order valence-corrected chi connectivity index (χ3v) is 3.39. The van der Waals surface area contributed by atoms with Gasteiger partial charge >= 0.3 is 5.69 Å². The maximum Gasteiger partial charge on any atom is 0.311 e. The molecule has 0 atom stereocenters. The van der Waals surface area contributed by atoms with E-state index in [1.807, 2.05) is 0 Å². The predicted octanol–water partition coefficient (Wildman–Crippen LogP) is 3.57. The summed E-state index contributed by atoms with van der Waals surface area (Å²) >= 11 is 9.05. The van der Waals surface area contributed by atoms with Crippen molar-refractivity contribution in [3.05, 3.63) is 49.7 Å². The summed E-state index contributed by atoms with van der Waals surface area (Å²) in [6.07, 6.45) is 0. The van der Waals surface area contributed by atoms with Crippen LogP contribution in [0.1, 0.15) is 0 Å². The summed E-state index contributed by atoms with van der Waals surface area (Å²) in [4.78, 5) is 14.3. The van der Waals surface area contributed by atoms with Crippen LogP contribution in [0.5, 0.6) is 0 Å². The number of benzene rings is 1. The molecule has 2 rings (SSSR count). The molecule has 0 fully saturated rings. The van der Waals surface area contributed by atoms with Crippen LogP contribution in [0.3, 0.4) is 0 Å². The van der Waals surface area contributed by atoms with Crippen LogP contribution in [0.4, 0.5) is 27.4 Å². The van der Waals surface area contributed by atoms with Crippen LogP contribution in [-0.2, 0) is 0 Å². The molecule has 0 unspecified atom stereocenters. The number of nitrogens with one attached hydrogen (secondary N) is 2. The largest absolute Gasteiger partial charge is 0.332 e. The molecular weight excluding hydrogens is 369 g/mol. The molecule has 7 nitrogen and oxygen atoms in total. The van der Waals surface area contributed by atoms with Crippen molar-refractivity contribution in [2.75, 3.05) is 10.7 Å². The van der Waals surface area contributed by atoms with Gasteiger partial charge in [-0.3, -0.25) is 10.1 Å². The molecule has 1 aromatic carbocycles. The van der Waals surface area contributed by atoms with Crippen molar-refractivity contribution >= 4 is 50.5 Å². The molecule has 21 heavy (non-hydrogen) atoms. The van der Waals surface area contributed by atoms with Gasteiger partial charge < -0.3 is 10.7 Å². The first kappa shape index (κ1) is 15.4. The summed E-state index contributed by atoms with van der Waals surface area (Å²) in [5, 5.41) is 13.7. The van der Waals surface area contributed by atoms with E-state index < -0.39 is 10.7 Å². The van der Waals surface area contributed by atoms with Gasteiger partial charge in [0, 0.05) is 10.5 Å². The van der Waals surface area contributed by atoms with Crippen molar-refractivity contribution in [1.82, 2.24) is 4.98 Å². The fourth-order valence-electron chi connectivity index (χ4n) is 1.55. The number of aromatic nitrogens is 1. The molecule has 1 aromatic heterocycles. The lowest BCUT2D eigenvalue weighted by Crippen LogP contribution is -2.10. The first-order valence-electron chi connectivity index (χ1n) is 5.46. The Labute approximate surface area is 131 Å². The monoisotopic (exact) mass is 375 g/mol. The molecule has 0 aliphatic carbocycles. The SMILES string of the molecule is NNc1ccc([N+](=O)[O-])c(Nc2c(Cl)cc(F)cc2Br)n1. The zero-order valence-electron chi connectivity index (χ0n) is 10.2. The first-order valence-corrected chi connectivity index (χ1v) is 6.63. The Hall–Kier alpha value is -1.97. The van der Waals surface area contributed by atoms with Crippen molar-refractivity contribution in [2.45, 2.75) is 0 Å². The average Bonchev–Trinajstić information content (AvgIpc) is 2.42. The van der Waals surface area contributed by atoms with Gasteiger partial charge in [0.2, 0.25) is 5.82 Å². The highest BCUT2D eigenvalue weighted by Gasteiger charge is 2.18. The van der Waals surface area contributed by atoms with Crippen molar-refractivity contribution in [3.63, 3.8) is 0 Å². The Kier molecular flexibility index (Phi) is 4.56. The van der Waals surface area contributed by atoms with Gasteiger partial charge in [-0.05, 0) is 34.1 Å². The molecule has 0 bridgehead atoms. The molecule has 4 N–H and O–H groups in total. The predicted molar refractivity (Wildman–Crippen MR) is 81.1 cm³/mol. The van der Waals surface area contributed by atoms with Crippen molar-refractivity contribution in [2.24, 2.45) is 5.84 Å². The zero-order valence-corrected chi connectivity index (χ0v) is 12.6. The van der Waals surface area contributed by atoms with E-state index >= 15 is 0 Å². The molecule has 0 spiro atoms. The third kappa shape index (κ3) is 3.38. The minimum Gasteiger partial charge on any atom is -0.332 e. The summed E-state index contributed by atoms with van der Waals surface area (Å²) in [6, 6.07) is 4.83. The van der Waals surface area contributed by atoms with Gasteiger partial charge in [-0.15, -0.1) is 0 Å². The molecule has 0 aliphatic heterocycles. The Bertz CT molecular complexity index is 692. The fourth-order valence-corrected chi connectivity index (χ4v) is 2.45. The highest BCUT2D eigenvalue weighted by Crippen LogP contribution is 2.36. The maximum absolute atomic E-state index is 13.2. The Morgan fingerprint density at radius 2 is 2.14 bits per heavy atom. The van der Waals surface area contributed by atoms with Crippen LogP contribution >= 0.6 is 27.5 Å². The Morgan fingerprint density at radius 1 is 1.43 bits per heavy atom. The quantitative estimate of drug-likeness (QED) is 0.428. The smallest absolute Gasteiger partial charge is 0.311 e. The van der Waals surface area contributed by atoms with E-state index in [4.69, 9.17) is 17.4 Å². The second-order valence-electron chi connectivity index (χ2n) is 3.84. The molecule has 0 amide bonds. The van der Waals surface area contributed by atoms with Crippen LogP contribution in [0, 0.1) is 15.9 Å². The van der Waals surface area contributed by atoms with E-state index in [-0.39, 0.29) is 28.0 Å². The lowest BCUT2D eigenvalue weighted by Gasteiger charge is -2.11. The van der Waals surface area contributed by atoms with E-state index in [0.29, 0.717) is 4.47 Å². The van der Waals surface area contributed by atoms with Gasteiger partial charge in [-0.1, -0.05) is 11.6 Å². The third-order valence-electron chi connectivity index (χ3n) is 2.47.